The molecule has 4 rings (SSSR count). The summed E-state index contributed by atoms with van der Waals surface area (Å²) in [5, 5.41) is 1.01. The van der Waals surface area contributed by atoms with Gasteiger partial charge in [-0.3, -0.25) is 9.69 Å². The first-order chi connectivity index (χ1) is 13.0. The average molecular weight is 369 g/mol. The summed E-state index contributed by atoms with van der Waals surface area (Å²) in [6, 6.07) is 5.56. The predicted molar refractivity (Wildman–Crippen MR) is 104 cm³/mol. The zero-order valence-electron chi connectivity index (χ0n) is 16.1. The number of hydrogen-bond acceptors (Lipinski definition) is 4. The van der Waals surface area contributed by atoms with Crippen LogP contribution in [0, 0.1) is 5.92 Å². The van der Waals surface area contributed by atoms with Crippen molar-refractivity contribution >= 4 is 22.8 Å². The summed E-state index contributed by atoms with van der Waals surface area (Å²) in [6.07, 6.45) is 3.17. The number of aromatic amines is 1. The number of rotatable bonds is 3. The highest BCUT2D eigenvalue weighted by Gasteiger charge is 2.26. The van der Waals surface area contributed by atoms with Gasteiger partial charge in [-0.25, -0.2) is 4.79 Å². The minimum absolute atomic E-state index is 0.202. The number of piperidine rings is 1. The van der Waals surface area contributed by atoms with E-state index in [1.165, 1.54) is 25.6 Å². The molecule has 0 spiro atoms. The molecular weight excluding hydrogens is 342 g/mol. The lowest BCUT2D eigenvalue weighted by molar-refractivity contribution is -0.133. The van der Waals surface area contributed by atoms with Crippen LogP contribution in [-0.2, 0) is 22.5 Å². The van der Waals surface area contributed by atoms with Gasteiger partial charge in [0.25, 0.3) is 0 Å². The van der Waals surface area contributed by atoms with Crippen molar-refractivity contribution in [3.63, 3.8) is 0 Å². The summed E-state index contributed by atoms with van der Waals surface area (Å²) < 4.78 is 4.84. The monoisotopic (exact) mass is 369 g/mol. The molecule has 1 aromatic heterocycles. The normalized spacial score (nSPS) is 18.5. The molecule has 6 nitrogen and oxygen atoms in total. The molecule has 2 aromatic rings. The highest BCUT2D eigenvalue weighted by atomic mass is 16.5. The number of H-pyrrole nitrogens is 1. The van der Waals surface area contributed by atoms with Gasteiger partial charge in [0.05, 0.1) is 19.2 Å². The number of fused-ring (bicyclic) bond motifs is 3. The number of carbonyl (C=O) groups is 2. The zero-order chi connectivity index (χ0) is 19.0. The van der Waals surface area contributed by atoms with Gasteiger partial charge < -0.3 is 14.6 Å². The largest absolute Gasteiger partial charge is 0.465 e. The summed E-state index contributed by atoms with van der Waals surface area (Å²) >= 11 is 0. The molecule has 3 heterocycles. The van der Waals surface area contributed by atoms with Gasteiger partial charge in [0.2, 0.25) is 5.91 Å². The lowest BCUT2D eigenvalue weighted by atomic mass is 9.99. The van der Waals surface area contributed by atoms with Crippen LogP contribution in [0.3, 0.4) is 0 Å². The Balaban J connectivity index is 1.51. The number of carbonyl (C=O) groups excluding carboxylic acids is 2. The summed E-state index contributed by atoms with van der Waals surface area (Å²) in [7, 11) is 1.39. The fraction of sp³-hybridized carbons (Fsp3) is 0.524. The average Bonchev–Trinajstić information content (AvgIpc) is 3.06. The van der Waals surface area contributed by atoms with Crippen molar-refractivity contribution in [3.05, 3.63) is 35.0 Å². The second kappa shape index (κ2) is 7.35. The number of likely N-dealkylation sites (tertiary alicyclic amines) is 1. The van der Waals surface area contributed by atoms with Gasteiger partial charge in [-0.2, -0.15) is 0 Å². The molecule has 1 N–H and O–H groups in total. The molecule has 27 heavy (non-hydrogen) atoms. The summed E-state index contributed by atoms with van der Waals surface area (Å²) in [5.41, 5.74) is 3.84. The van der Waals surface area contributed by atoms with Gasteiger partial charge in [-0.05, 0) is 50.0 Å². The number of nitrogens with zero attached hydrogens (tertiary/aromatic N) is 2. The van der Waals surface area contributed by atoms with Crippen molar-refractivity contribution in [2.75, 3.05) is 33.3 Å². The van der Waals surface area contributed by atoms with Crippen molar-refractivity contribution in [2.24, 2.45) is 5.92 Å². The van der Waals surface area contributed by atoms with Gasteiger partial charge in [-0.1, -0.05) is 6.92 Å². The van der Waals surface area contributed by atoms with E-state index in [9.17, 15) is 9.59 Å². The molecule has 0 atom stereocenters. The van der Waals surface area contributed by atoms with E-state index >= 15 is 0 Å². The summed E-state index contributed by atoms with van der Waals surface area (Å²) in [5.74, 6) is 0.632. The van der Waals surface area contributed by atoms with Crippen molar-refractivity contribution in [2.45, 2.75) is 32.7 Å². The Hall–Kier alpha value is -2.34. The first-order valence-corrected chi connectivity index (χ1v) is 9.77. The fourth-order valence-electron chi connectivity index (χ4n) is 4.18. The van der Waals surface area contributed by atoms with Gasteiger partial charge >= 0.3 is 5.97 Å². The van der Waals surface area contributed by atoms with E-state index in [0.717, 1.165) is 48.4 Å². The Morgan fingerprint density at radius 2 is 2.00 bits per heavy atom. The second-order valence-electron chi connectivity index (χ2n) is 7.86. The van der Waals surface area contributed by atoms with E-state index in [1.54, 1.807) is 6.07 Å². The van der Waals surface area contributed by atoms with Gasteiger partial charge in [0.15, 0.2) is 0 Å². The third kappa shape index (κ3) is 3.58. The number of benzene rings is 1. The molecule has 1 saturated heterocycles. The second-order valence-corrected chi connectivity index (χ2v) is 7.86. The van der Waals surface area contributed by atoms with E-state index in [2.05, 4.69) is 16.8 Å². The molecule has 1 amide bonds. The Bertz CT molecular complexity index is 865. The van der Waals surface area contributed by atoms with Gasteiger partial charge in [0.1, 0.15) is 0 Å². The molecule has 0 aliphatic carbocycles. The standard InChI is InChI=1S/C21H27N3O3/c1-14-5-8-23(9-6-14)13-20(25)24-10-7-19-17(12-24)16-11-15(21(26)27-2)3-4-18(16)22-19/h3-4,11,14,22H,5-10,12-13H2,1-2H3. The SMILES string of the molecule is COC(=O)c1ccc2[nH]c3c(c2c1)CN(C(=O)CN1CCC(C)CC1)CC3. The molecular formula is C21H27N3O3. The van der Waals surface area contributed by atoms with E-state index < -0.39 is 0 Å². The molecule has 1 fully saturated rings. The number of nitrogens with one attached hydrogen (secondary N) is 1. The van der Waals surface area contributed by atoms with E-state index in [0.29, 0.717) is 18.7 Å². The Kier molecular flexibility index (Phi) is 4.91. The molecule has 2 aliphatic heterocycles. The van der Waals surface area contributed by atoms with Crippen LogP contribution < -0.4 is 0 Å². The Morgan fingerprint density at radius 3 is 2.74 bits per heavy atom. The van der Waals surface area contributed by atoms with Crippen LogP contribution in [0.15, 0.2) is 18.2 Å². The third-order valence-corrected chi connectivity index (χ3v) is 5.98. The minimum atomic E-state index is -0.338. The Labute approximate surface area is 159 Å². The third-order valence-electron chi connectivity index (χ3n) is 5.98. The first-order valence-electron chi connectivity index (χ1n) is 9.77. The number of amides is 1. The van der Waals surface area contributed by atoms with E-state index in [1.807, 2.05) is 17.0 Å². The fourth-order valence-corrected chi connectivity index (χ4v) is 4.18. The van der Waals surface area contributed by atoms with Crippen LogP contribution in [0.4, 0.5) is 0 Å². The molecule has 144 valence electrons. The van der Waals surface area contributed by atoms with Crippen molar-refractivity contribution in [3.8, 4) is 0 Å². The predicted octanol–water partition coefficient (Wildman–Crippen LogP) is 2.57. The van der Waals surface area contributed by atoms with Crippen molar-refractivity contribution < 1.29 is 14.3 Å². The summed E-state index contributed by atoms with van der Waals surface area (Å²) in [4.78, 5) is 32.4. The van der Waals surface area contributed by atoms with Crippen LogP contribution in [0.2, 0.25) is 0 Å². The zero-order valence-corrected chi connectivity index (χ0v) is 16.1. The quantitative estimate of drug-likeness (QED) is 0.845. The molecule has 6 heteroatoms. The van der Waals surface area contributed by atoms with Crippen LogP contribution in [-0.4, -0.2) is 59.9 Å². The summed E-state index contributed by atoms with van der Waals surface area (Å²) in [6.45, 7) is 6.17. The van der Waals surface area contributed by atoms with E-state index in [4.69, 9.17) is 4.74 Å². The maximum Gasteiger partial charge on any atom is 0.337 e. The van der Waals surface area contributed by atoms with Crippen LogP contribution in [0.5, 0.6) is 0 Å². The number of esters is 1. The maximum absolute atomic E-state index is 12.8. The molecule has 0 bridgehead atoms. The topological polar surface area (TPSA) is 65.6 Å². The lowest BCUT2D eigenvalue weighted by Gasteiger charge is -2.33. The van der Waals surface area contributed by atoms with E-state index in [-0.39, 0.29) is 11.9 Å². The molecule has 2 aliphatic rings. The van der Waals surface area contributed by atoms with Gasteiger partial charge in [0, 0.05) is 41.7 Å². The number of methoxy groups -OCH3 is 1. The maximum atomic E-state index is 12.8. The number of hydrogen-bond donors (Lipinski definition) is 1. The molecule has 0 radical (unpaired) electrons. The lowest BCUT2D eigenvalue weighted by Crippen LogP contribution is -2.44. The Morgan fingerprint density at radius 1 is 1.22 bits per heavy atom. The number of aromatic nitrogens is 1. The van der Waals surface area contributed by atoms with Crippen LogP contribution in [0.1, 0.15) is 41.4 Å². The molecule has 0 saturated carbocycles. The smallest absolute Gasteiger partial charge is 0.337 e. The minimum Gasteiger partial charge on any atom is -0.465 e. The van der Waals surface area contributed by atoms with Crippen molar-refractivity contribution in [1.29, 1.82) is 0 Å². The van der Waals surface area contributed by atoms with Gasteiger partial charge in [-0.15, -0.1) is 0 Å². The highest BCUT2D eigenvalue weighted by Crippen LogP contribution is 2.29. The first kappa shape index (κ1) is 18.0. The molecule has 1 aromatic carbocycles. The number of ether oxygens (including phenoxy) is 1. The van der Waals surface area contributed by atoms with Crippen LogP contribution >= 0.6 is 0 Å². The van der Waals surface area contributed by atoms with Crippen LogP contribution in [0.25, 0.3) is 10.9 Å². The van der Waals surface area contributed by atoms with Crippen molar-refractivity contribution in [1.82, 2.24) is 14.8 Å². The molecule has 0 unspecified atom stereocenters. The highest BCUT2D eigenvalue weighted by molar-refractivity contribution is 5.96.